The molecule has 3 heteroatoms. The third-order valence-corrected chi connectivity index (χ3v) is 1.39. The fourth-order valence-electron chi connectivity index (χ4n) is 0.753. The summed E-state index contributed by atoms with van der Waals surface area (Å²) in [5.41, 5.74) is 2.18. The molecule has 0 heterocycles. The van der Waals surface area contributed by atoms with E-state index in [-0.39, 0.29) is 11.0 Å². The third kappa shape index (κ3) is 3.81. The van der Waals surface area contributed by atoms with Gasteiger partial charge in [-0.25, -0.2) is 0 Å². The molecular formula is C8H11BO2. The fraction of sp³-hybridized carbons (Fsp3) is 0.250. The zero-order chi connectivity index (χ0) is 6.69. The Labute approximate surface area is 68.3 Å². The van der Waals surface area contributed by atoms with Crippen molar-refractivity contribution >= 4 is 13.3 Å². The second kappa shape index (κ2) is 5.95. The van der Waals surface area contributed by atoms with Gasteiger partial charge in [-0.2, -0.15) is 0 Å². The first kappa shape index (κ1) is 12.8. The molecule has 0 fully saturated rings. The summed E-state index contributed by atoms with van der Waals surface area (Å²) in [6.07, 6.45) is 1.08. The fourth-order valence-corrected chi connectivity index (χ4v) is 0.753. The molecule has 0 radical (unpaired) electrons. The molecule has 0 spiro atoms. The second-order valence-corrected chi connectivity index (χ2v) is 2.10. The van der Waals surface area contributed by atoms with Crippen molar-refractivity contribution in [3.8, 4) is 0 Å². The molecule has 0 saturated heterocycles. The Morgan fingerprint density at radius 2 is 1.55 bits per heavy atom. The minimum Gasteiger partial charge on any atom is -0.870 e. The van der Waals surface area contributed by atoms with Crippen molar-refractivity contribution in [1.29, 1.82) is 0 Å². The second-order valence-electron chi connectivity index (χ2n) is 2.10. The maximum absolute atomic E-state index is 5.48. The molecule has 2 nitrogen and oxygen atoms in total. The molecular weight excluding hydrogens is 139 g/mol. The SMILES string of the molecule is [B+2]c1ccc(CC)cc1.[OH-].[OH-]. The van der Waals surface area contributed by atoms with Gasteiger partial charge in [0.05, 0.1) is 0 Å². The number of hydrogen-bond donors (Lipinski definition) is 0. The molecule has 2 N–H and O–H groups in total. The number of benzene rings is 1. The number of aryl methyl sites for hydroxylation is 1. The van der Waals surface area contributed by atoms with Gasteiger partial charge in [-0.1, -0.05) is 0 Å². The molecule has 0 amide bonds. The first-order valence-corrected chi connectivity index (χ1v) is 3.17. The van der Waals surface area contributed by atoms with Gasteiger partial charge in [0.2, 0.25) is 0 Å². The van der Waals surface area contributed by atoms with Crippen LogP contribution in [0.3, 0.4) is 0 Å². The normalized spacial score (nSPS) is 7.91. The summed E-state index contributed by atoms with van der Waals surface area (Å²) < 4.78 is 0. The molecule has 0 aromatic heterocycles. The van der Waals surface area contributed by atoms with Crippen LogP contribution in [0.25, 0.3) is 0 Å². The van der Waals surface area contributed by atoms with Crippen LogP contribution < -0.4 is 5.46 Å². The van der Waals surface area contributed by atoms with E-state index >= 15 is 0 Å². The van der Waals surface area contributed by atoms with Gasteiger partial charge in [0.15, 0.2) is 0 Å². The Kier molecular flexibility index (Phi) is 6.95. The molecule has 0 aliphatic heterocycles. The van der Waals surface area contributed by atoms with Crippen molar-refractivity contribution in [3.05, 3.63) is 29.8 Å². The first-order chi connectivity index (χ1) is 4.33. The summed E-state index contributed by atoms with van der Waals surface area (Å²) in [5, 5.41) is 0. The summed E-state index contributed by atoms with van der Waals surface area (Å²) in [5.74, 6) is 0. The van der Waals surface area contributed by atoms with Gasteiger partial charge >= 0.3 is 56.5 Å². The summed E-state index contributed by atoms with van der Waals surface area (Å²) in [6.45, 7) is 2.13. The van der Waals surface area contributed by atoms with Crippen molar-refractivity contribution in [2.24, 2.45) is 0 Å². The van der Waals surface area contributed by atoms with E-state index < -0.39 is 0 Å². The smallest absolute Gasteiger partial charge is 0.870 e. The van der Waals surface area contributed by atoms with E-state index in [0.29, 0.717) is 0 Å². The van der Waals surface area contributed by atoms with Crippen LogP contribution in [0.1, 0.15) is 12.5 Å². The van der Waals surface area contributed by atoms with Crippen LogP contribution in [0, 0.1) is 0 Å². The summed E-state index contributed by atoms with van der Waals surface area (Å²) in [4.78, 5) is 0. The van der Waals surface area contributed by atoms with Crippen molar-refractivity contribution in [1.82, 2.24) is 0 Å². The third-order valence-electron chi connectivity index (χ3n) is 1.39. The Morgan fingerprint density at radius 3 is 1.91 bits per heavy atom. The molecule has 0 unspecified atom stereocenters. The van der Waals surface area contributed by atoms with E-state index in [1.807, 2.05) is 12.1 Å². The van der Waals surface area contributed by atoms with Crippen LogP contribution in [0.15, 0.2) is 24.3 Å². The molecule has 1 aromatic carbocycles. The maximum atomic E-state index is 5.48. The molecule has 0 aliphatic carbocycles. The predicted octanol–water partition coefficient (Wildman–Crippen LogP) is 0.689. The first-order valence-electron chi connectivity index (χ1n) is 3.17. The molecule has 11 heavy (non-hydrogen) atoms. The predicted molar refractivity (Wildman–Crippen MR) is 45.1 cm³/mol. The number of rotatable bonds is 1. The quantitative estimate of drug-likeness (QED) is 0.552. The van der Waals surface area contributed by atoms with Crippen molar-refractivity contribution < 1.29 is 11.0 Å². The van der Waals surface area contributed by atoms with Gasteiger partial charge in [-0.3, -0.25) is 0 Å². The minimum atomic E-state index is 0. The molecule has 0 atom stereocenters. The zero-order valence-electron chi connectivity index (χ0n) is 6.49. The van der Waals surface area contributed by atoms with Crippen molar-refractivity contribution in [2.75, 3.05) is 0 Å². The van der Waals surface area contributed by atoms with Gasteiger partial charge in [-0.05, 0) is 0 Å². The van der Waals surface area contributed by atoms with E-state index in [9.17, 15) is 0 Å². The van der Waals surface area contributed by atoms with Gasteiger partial charge in [0.25, 0.3) is 0 Å². The van der Waals surface area contributed by atoms with Gasteiger partial charge in [0.1, 0.15) is 0 Å². The summed E-state index contributed by atoms with van der Waals surface area (Å²) in [6, 6.07) is 7.96. The van der Waals surface area contributed by atoms with Crippen molar-refractivity contribution in [3.63, 3.8) is 0 Å². The van der Waals surface area contributed by atoms with E-state index in [1.54, 1.807) is 0 Å². The van der Waals surface area contributed by atoms with Crippen LogP contribution in [0.4, 0.5) is 0 Å². The van der Waals surface area contributed by atoms with E-state index in [2.05, 4.69) is 19.1 Å². The Morgan fingerprint density at radius 1 is 1.09 bits per heavy atom. The van der Waals surface area contributed by atoms with Gasteiger partial charge < -0.3 is 11.0 Å². The Hall–Kier alpha value is -0.795. The maximum Gasteiger partial charge on any atom is -0.870 e. The zero-order valence-corrected chi connectivity index (χ0v) is 6.49. The van der Waals surface area contributed by atoms with E-state index in [1.165, 1.54) is 5.56 Å². The van der Waals surface area contributed by atoms with Crippen molar-refractivity contribution in [2.45, 2.75) is 13.3 Å². The van der Waals surface area contributed by atoms with Crippen LogP contribution >= 0.6 is 0 Å². The minimum absolute atomic E-state index is 0. The van der Waals surface area contributed by atoms with Gasteiger partial charge in [0, 0.05) is 0 Å². The molecule has 58 valence electrons. The molecule has 0 bridgehead atoms. The van der Waals surface area contributed by atoms with E-state index in [0.717, 1.165) is 11.9 Å². The van der Waals surface area contributed by atoms with Crippen LogP contribution in [0.2, 0.25) is 0 Å². The monoisotopic (exact) mass is 150 g/mol. The summed E-state index contributed by atoms with van der Waals surface area (Å²) in [7, 11) is 5.48. The average molecular weight is 150 g/mol. The largest absolute Gasteiger partial charge is 0.870 e. The molecule has 1 rings (SSSR count). The Balaban J connectivity index is 0. The van der Waals surface area contributed by atoms with Crippen LogP contribution in [-0.4, -0.2) is 18.8 Å². The van der Waals surface area contributed by atoms with Gasteiger partial charge in [-0.15, -0.1) is 0 Å². The number of hydrogen-bond acceptors (Lipinski definition) is 2. The average Bonchev–Trinajstić information content (AvgIpc) is 1.90. The standard InChI is InChI=1S/C8H9B.2H2O/c1-2-7-3-5-8(9)6-4-7;;/h3-6H,2H2,1H3;2*1H2/q+2;;/p-2. The molecule has 0 saturated carbocycles. The summed E-state index contributed by atoms with van der Waals surface area (Å²) >= 11 is 0. The van der Waals surface area contributed by atoms with Crippen LogP contribution in [-0.2, 0) is 6.42 Å². The van der Waals surface area contributed by atoms with E-state index in [4.69, 9.17) is 7.85 Å². The molecule has 1 aromatic rings. The van der Waals surface area contributed by atoms with Crippen LogP contribution in [0.5, 0.6) is 0 Å². The Bertz CT molecular complexity index is 184. The molecule has 0 aliphatic rings. The topological polar surface area (TPSA) is 60.0 Å².